The van der Waals surface area contributed by atoms with E-state index in [-0.39, 0.29) is 11.8 Å². The third-order valence-electron chi connectivity index (χ3n) is 6.46. The highest BCUT2D eigenvalue weighted by molar-refractivity contribution is 6.45. The molecule has 2 aliphatic rings. The van der Waals surface area contributed by atoms with Gasteiger partial charge in [-0.3, -0.25) is 9.59 Å². The monoisotopic (exact) mass is 449 g/mol. The summed E-state index contributed by atoms with van der Waals surface area (Å²) in [5.74, 6) is 0.500. The van der Waals surface area contributed by atoms with Crippen LogP contribution in [0.5, 0.6) is 11.5 Å². The number of likely N-dealkylation sites (N-methyl/N-ethyl adjacent to an activating group) is 1. The number of hydrogen-bond acceptors (Lipinski definition) is 6. The Morgan fingerprint density at radius 3 is 2.15 bits per heavy atom. The number of piperazine rings is 1. The second kappa shape index (κ2) is 9.27. The number of methoxy groups -OCH3 is 2. The molecule has 0 unspecified atom stereocenters. The number of benzene rings is 2. The summed E-state index contributed by atoms with van der Waals surface area (Å²) in [6.07, 6.45) is 0. The average molecular weight is 450 g/mol. The van der Waals surface area contributed by atoms with Crippen molar-refractivity contribution >= 4 is 23.1 Å². The number of imide groups is 1. The number of carbonyl (C=O) groups is 2. The summed E-state index contributed by atoms with van der Waals surface area (Å²) in [5.41, 5.74) is 4.11. The molecule has 0 bridgehead atoms. The van der Waals surface area contributed by atoms with E-state index >= 15 is 0 Å². The Labute approximate surface area is 195 Å². The van der Waals surface area contributed by atoms with Crippen molar-refractivity contribution in [3.8, 4) is 11.5 Å². The van der Waals surface area contributed by atoms with Crippen molar-refractivity contribution < 1.29 is 19.1 Å². The molecule has 1 saturated heterocycles. The Morgan fingerprint density at radius 1 is 0.848 bits per heavy atom. The summed E-state index contributed by atoms with van der Waals surface area (Å²) in [7, 11) is 3.13. The maximum Gasteiger partial charge on any atom is 0.282 e. The molecule has 174 valence electrons. The van der Waals surface area contributed by atoms with Gasteiger partial charge in [0.05, 0.1) is 25.5 Å². The van der Waals surface area contributed by atoms with Crippen LogP contribution in [-0.4, -0.2) is 68.6 Å². The van der Waals surface area contributed by atoms with Crippen molar-refractivity contribution in [1.29, 1.82) is 0 Å². The third kappa shape index (κ3) is 4.09. The molecule has 0 saturated carbocycles. The van der Waals surface area contributed by atoms with Crippen LogP contribution < -0.4 is 14.4 Å². The summed E-state index contributed by atoms with van der Waals surface area (Å²) in [4.78, 5) is 33.3. The van der Waals surface area contributed by atoms with Crippen LogP contribution in [0.2, 0.25) is 0 Å². The summed E-state index contributed by atoms with van der Waals surface area (Å²) >= 11 is 0. The van der Waals surface area contributed by atoms with Gasteiger partial charge in [0.1, 0.15) is 5.70 Å². The molecule has 0 N–H and O–H groups in total. The summed E-state index contributed by atoms with van der Waals surface area (Å²) in [6, 6.07) is 11.1. The SMILES string of the molecule is CCN1CCN(C2=C(c3ccc(OC)c(OC)c3)C(=O)N(c3ccc(C)cc3C)C2=O)CC1. The summed E-state index contributed by atoms with van der Waals surface area (Å²) in [6.45, 7) is 10.1. The van der Waals surface area contributed by atoms with E-state index < -0.39 is 0 Å². The van der Waals surface area contributed by atoms with Crippen molar-refractivity contribution in [3.05, 3.63) is 58.8 Å². The highest BCUT2D eigenvalue weighted by atomic mass is 16.5. The van der Waals surface area contributed by atoms with E-state index in [1.807, 2.05) is 38.1 Å². The molecule has 0 aliphatic carbocycles. The van der Waals surface area contributed by atoms with E-state index in [4.69, 9.17) is 9.47 Å². The summed E-state index contributed by atoms with van der Waals surface area (Å²) < 4.78 is 10.8. The second-order valence-corrected chi connectivity index (χ2v) is 8.45. The molecule has 0 aromatic heterocycles. The van der Waals surface area contributed by atoms with Gasteiger partial charge in [0.2, 0.25) is 0 Å². The minimum Gasteiger partial charge on any atom is -0.493 e. The van der Waals surface area contributed by atoms with Crippen LogP contribution in [0.1, 0.15) is 23.6 Å². The van der Waals surface area contributed by atoms with E-state index in [1.54, 1.807) is 26.4 Å². The summed E-state index contributed by atoms with van der Waals surface area (Å²) in [5, 5.41) is 0. The van der Waals surface area contributed by atoms with Gasteiger partial charge >= 0.3 is 0 Å². The third-order valence-corrected chi connectivity index (χ3v) is 6.46. The van der Waals surface area contributed by atoms with E-state index in [0.717, 1.165) is 30.8 Å². The molecule has 33 heavy (non-hydrogen) atoms. The lowest BCUT2D eigenvalue weighted by molar-refractivity contribution is -0.120. The molecular weight excluding hydrogens is 418 g/mol. The molecule has 0 radical (unpaired) electrons. The molecule has 7 heteroatoms. The van der Waals surface area contributed by atoms with Gasteiger partial charge < -0.3 is 19.3 Å². The van der Waals surface area contributed by atoms with Crippen LogP contribution >= 0.6 is 0 Å². The van der Waals surface area contributed by atoms with Gasteiger partial charge in [-0.05, 0) is 49.7 Å². The zero-order valence-corrected chi connectivity index (χ0v) is 20.0. The number of carbonyl (C=O) groups excluding carboxylic acids is 2. The first-order chi connectivity index (χ1) is 15.9. The Bertz CT molecular complexity index is 1120. The molecular formula is C26H31N3O4. The lowest BCUT2D eigenvalue weighted by Gasteiger charge is -2.36. The average Bonchev–Trinajstić information content (AvgIpc) is 3.08. The van der Waals surface area contributed by atoms with Crippen LogP contribution in [-0.2, 0) is 9.59 Å². The van der Waals surface area contributed by atoms with Crippen LogP contribution in [0, 0.1) is 13.8 Å². The minimum absolute atomic E-state index is 0.276. The van der Waals surface area contributed by atoms with Crippen LogP contribution in [0.15, 0.2) is 42.1 Å². The Balaban J connectivity index is 1.83. The van der Waals surface area contributed by atoms with Crippen molar-refractivity contribution in [1.82, 2.24) is 9.80 Å². The number of nitrogens with zero attached hydrogens (tertiary/aromatic N) is 3. The van der Waals surface area contributed by atoms with Crippen LogP contribution in [0.4, 0.5) is 5.69 Å². The zero-order chi connectivity index (χ0) is 23.7. The smallest absolute Gasteiger partial charge is 0.282 e. The number of ether oxygens (including phenoxy) is 2. The Morgan fingerprint density at radius 2 is 1.55 bits per heavy atom. The van der Waals surface area contributed by atoms with Crippen LogP contribution in [0.25, 0.3) is 5.57 Å². The van der Waals surface area contributed by atoms with E-state index in [2.05, 4.69) is 16.7 Å². The number of aryl methyl sites for hydroxylation is 2. The van der Waals surface area contributed by atoms with Gasteiger partial charge in [-0.2, -0.15) is 0 Å². The van der Waals surface area contributed by atoms with E-state index in [0.29, 0.717) is 47.1 Å². The molecule has 2 heterocycles. The number of rotatable bonds is 6. The second-order valence-electron chi connectivity index (χ2n) is 8.45. The largest absolute Gasteiger partial charge is 0.493 e. The van der Waals surface area contributed by atoms with Crippen molar-refractivity contribution in [3.63, 3.8) is 0 Å². The number of amides is 2. The molecule has 2 aromatic rings. The maximum atomic E-state index is 13.8. The highest BCUT2D eigenvalue weighted by Gasteiger charge is 2.43. The normalized spacial score (nSPS) is 17.2. The molecule has 0 atom stereocenters. The fourth-order valence-electron chi connectivity index (χ4n) is 4.63. The molecule has 2 aliphatic heterocycles. The Kier molecular flexibility index (Phi) is 6.42. The predicted molar refractivity (Wildman–Crippen MR) is 129 cm³/mol. The van der Waals surface area contributed by atoms with Crippen molar-refractivity contribution in [2.24, 2.45) is 0 Å². The first-order valence-electron chi connectivity index (χ1n) is 11.3. The molecule has 0 spiro atoms. The minimum atomic E-state index is -0.313. The molecule has 7 nitrogen and oxygen atoms in total. The van der Waals surface area contributed by atoms with E-state index in [9.17, 15) is 9.59 Å². The first kappa shape index (κ1) is 22.9. The van der Waals surface area contributed by atoms with Gasteiger partial charge in [-0.15, -0.1) is 0 Å². The van der Waals surface area contributed by atoms with Crippen LogP contribution in [0.3, 0.4) is 0 Å². The van der Waals surface area contributed by atoms with Gasteiger partial charge in [-0.25, -0.2) is 4.90 Å². The van der Waals surface area contributed by atoms with Gasteiger partial charge in [-0.1, -0.05) is 30.7 Å². The molecule has 2 amide bonds. The predicted octanol–water partition coefficient (Wildman–Crippen LogP) is 3.24. The Hall–Kier alpha value is -3.32. The molecule has 2 aromatic carbocycles. The number of anilines is 1. The maximum absolute atomic E-state index is 13.8. The lowest BCUT2D eigenvalue weighted by Crippen LogP contribution is -2.47. The molecule has 1 fully saturated rings. The van der Waals surface area contributed by atoms with Gasteiger partial charge in [0, 0.05) is 26.2 Å². The van der Waals surface area contributed by atoms with Gasteiger partial charge in [0.25, 0.3) is 11.8 Å². The van der Waals surface area contributed by atoms with Gasteiger partial charge in [0.15, 0.2) is 11.5 Å². The zero-order valence-electron chi connectivity index (χ0n) is 20.0. The highest BCUT2D eigenvalue weighted by Crippen LogP contribution is 2.39. The first-order valence-corrected chi connectivity index (χ1v) is 11.3. The van der Waals surface area contributed by atoms with Crippen molar-refractivity contribution in [2.45, 2.75) is 20.8 Å². The fraction of sp³-hybridized carbons (Fsp3) is 0.385. The standard InChI is InChI=1S/C26H31N3O4/c1-6-27-11-13-28(14-12-27)24-23(19-8-10-21(32-4)22(16-19)33-5)25(30)29(26(24)31)20-9-7-17(2)15-18(20)3/h7-10,15-16H,6,11-14H2,1-5H3. The van der Waals surface area contributed by atoms with Crippen molar-refractivity contribution in [2.75, 3.05) is 51.8 Å². The topological polar surface area (TPSA) is 62.3 Å². The number of hydrogen-bond donors (Lipinski definition) is 0. The fourth-order valence-corrected chi connectivity index (χ4v) is 4.63. The molecule has 4 rings (SSSR count). The quantitative estimate of drug-likeness (QED) is 0.631. The lowest BCUT2D eigenvalue weighted by atomic mass is 10.0. The van der Waals surface area contributed by atoms with E-state index in [1.165, 1.54) is 4.90 Å².